The second-order valence-electron chi connectivity index (χ2n) is 11.3. The molecule has 1 atom stereocenters. The van der Waals surface area contributed by atoms with E-state index < -0.39 is 12.0 Å². The minimum absolute atomic E-state index is 0.0732. The van der Waals surface area contributed by atoms with Crippen molar-refractivity contribution in [2.75, 3.05) is 18.0 Å². The average Bonchev–Trinajstić information content (AvgIpc) is 3.33. The maximum absolute atomic E-state index is 13.9. The molecule has 9 nitrogen and oxygen atoms in total. The Balaban J connectivity index is 1.51. The van der Waals surface area contributed by atoms with E-state index in [0.29, 0.717) is 22.4 Å². The first-order chi connectivity index (χ1) is 21.3. The summed E-state index contributed by atoms with van der Waals surface area (Å²) in [6, 6.07) is 23.0. The number of nitro benzene ring substituents is 1. The number of aromatic nitrogens is 1. The SMILES string of the molecule is Cc1ccc(C(CC(=O)O)N(Cc2cccc(-c3ccc(N4CCCCCC4)c([N+](=O)[O-])c3)c2)C(=O)c2cccnc2)cc1. The zero-order chi connectivity index (χ0) is 31.1. The van der Waals surface area contributed by atoms with Gasteiger partial charge < -0.3 is 14.9 Å². The Morgan fingerprint density at radius 3 is 2.34 bits per heavy atom. The van der Waals surface area contributed by atoms with Crippen LogP contribution >= 0.6 is 0 Å². The number of carbonyl (C=O) groups excluding carboxylic acids is 1. The molecular formula is C35H36N4O5. The van der Waals surface area contributed by atoms with Gasteiger partial charge in [0.05, 0.1) is 22.9 Å². The molecule has 1 aliphatic heterocycles. The summed E-state index contributed by atoms with van der Waals surface area (Å²) in [6.07, 6.45) is 7.07. The second kappa shape index (κ2) is 13.9. The van der Waals surface area contributed by atoms with E-state index in [4.69, 9.17) is 0 Å². The number of carboxylic acid groups (broad SMARTS) is 1. The molecule has 9 heteroatoms. The minimum Gasteiger partial charge on any atom is -0.481 e. The van der Waals surface area contributed by atoms with Crippen LogP contribution in [0.4, 0.5) is 11.4 Å². The van der Waals surface area contributed by atoms with Crippen molar-refractivity contribution in [3.05, 3.63) is 124 Å². The van der Waals surface area contributed by atoms with E-state index in [2.05, 4.69) is 9.88 Å². The predicted molar refractivity (Wildman–Crippen MR) is 169 cm³/mol. The maximum atomic E-state index is 13.9. The number of anilines is 1. The third-order valence-electron chi connectivity index (χ3n) is 8.11. The summed E-state index contributed by atoms with van der Waals surface area (Å²) in [5.74, 6) is -1.36. The number of carboxylic acids is 1. The van der Waals surface area contributed by atoms with Gasteiger partial charge in [-0.15, -0.1) is 0 Å². The lowest BCUT2D eigenvalue weighted by molar-refractivity contribution is -0.384. The largest absolute Gasteiger partial charge is 0.481 e. The monoisotopic (exact) mass is 592 g/mol. The molecule has 1 unspecified atom stereocenters. The summed E-state index contributed by atoms with van der Waals surface area (Å²) in [5.41, 5.74) is 5.04. The first-order valence-corrected chi connectivity index (χ1v) is 14.9. The van der Waals surface area contributed by atoms with Gasteiger partial charge in [0.2, 0.25) is 0 Å². The van der Waals surface area contributed by atoms with Crippen molar-refractivity contribution in [2.24, 2.45) is 0 Å². The van der Waals surface area contributed by atoms with E-state index in [0.717, 1.165) is 55.5 Å². The summed E-state index contributed by atoms with van der Waals surface area (Å²) in [6.45, 7) is 3.68. The van der Waals surface area contributed by atoms with Gasteiger partial charge in [-0.25, -0.2) is 0 Å². The highest BCUT2D eigenvalue weighted by Crippen LogP contribution is 2.35. The van der Waals surface area contributed by atoms with Gasteiger partial charge in [0.15, 0.2) is 0 Å². The molecule has 0 spiro atoms. The number of nitro groups is 1. The molecule has 1 saturated heterocycles. The second-order valence-corrected chi connectivity index (χ2v) is 11.3. The average molecular weight is 593 g/mol. The Bertz CT molecular complexity index is 1620. The fraction of sp³-hybridized carbons (Fsp3) is 0.286. The lowest BCUT2D eigenvalue weighted by atomic mass is 9.97. The zero-order valence-corrected chi connectivity index (χ0v) is 24.8. The van der Waals surface area contributed by atoms with E-state index in [1.165, 1.54) is 6.20 Å². The van der Waals surface area contributed by atoms with E-state index in [1.54, 1.807) is 29.3 Å². The van der Waals surface area contributed by atoms with Gasteiger partial charge in [-0.2, -0.15) is 0 Å². The number of benzene rings is 3. The van der Waals surface area contributed by atoms with E-state index in [1.807, 2.05) is 67.6 Å². The highest BCUT2D eigenvalue weighted by molar-refractivity contribution is 5.94. The zero-order valence-electron chi connectivity index (χ0n) is 24.8. The summed E-state index contributed by atoms with van der Waals surface area (Å²) in [4.78, 5) is 45.6. The number of hydrogen-bond acceptors (Lipinski definition) is 6. The highest BCUT2D eigenvalue weighted by Gasteiger charge is 2.29. The van der Waals surface area contributed by atoms with Gasteiger partial charge in [0, 0.05) is 38.1 Å². The number of pyridine rings is 1. The third kappa shape index (κ3) is 7.29. The molecule has 4 aromatic rings. The van der Waals surface area contributed by atoms with E-state index >= 15 is 0 Å². The standard InChI is InChI=1S/C35H36N4O5/c1-25-11-13-27(14-12-25)32(22-34(40)41)38(35(42)30-10-7-17-36-23-30)24-26-8-6-9-28(20-26)29-15-16-31(33(21-29)39(43)44)37-18-4-2-3-5-19-37/h6-17,20-21,23,32H,2-5,18-19,22,24H2,1H3,(H,40,41). The molecule has 0 radical (unpaired) electrons. The third-order valence-corrected chi connectivity index (χ3v) is 8.11. The smallest absolute Gasteiger partial charge is 0.305 e. The van der Waals surface area contributed by atoms with Crippen LogP contribution in [0.1, 0.15) is 65.2 Å². The Hall–Kier alpha value is -5.05. The van der Waals surface area contributed by atoms with Gasteiger partial charge in [-0.3, -0.25) is 24.7 Å². The Labute approximate surface area is 256 Å². The Morgan fingerprint density at radius 1 is 0.955 bits per heavy atom. The van der Waals surface area contributed by atoms with Gasteiger partial charge >= 0.3 is 5.97 Å². The molecule has 1 aliphatic rings. The molecule has 1 aromatic heterocycles. The lowest BCUT2D eigenvalue weighted by Gasteiger charge is -2.32. The van der Waals surface area contributed by atoms with Crippen molar-refractivity contribution in [2.45, 2.75) is 51.6 Å². The van der Waals surface area contributed by atoms with Crippen LogP contribution in [0, 0.1) is 17.0 Å². The Kier molecular flexibility index (Phi) is 9.64. The van der Waals surface area contributed by atoms with Crippen LogP contribution in [0.25, 0.3) is 11.1 Å². The first-order valence-electron chi connectivity index (χ1n) is 14.9. The van der Waals surface area contributed by atoms with Crippen molar-refractivity contribution in [1.82, 2.24) is 9.88 Å². The molecule has 0 saturated carbocycles. The topological polar surface area (TPSA) is 117 Å². The van der Waals surface area contributed by atoms with Crippen molar-refractivity contribution >= 4 is 23.3 Å². The summed E-state index contributed by atoms with van der Waals surface area (Å²) >= 11 is 0. The van der Waals surface area contributed by atoms with Gasteiger partial charge in [-0.05, 0) is 66.3 Å². The lowest BCUT2D eigenvalue weighted by Crippen LogP contribution is -2.36. The molecule has 226 valence electrons. The summed E-state index contributed by atoms with van der Waals surface area (Å²) in [5, 5.41) is 22.0. The number of aliphatic carboxylic acids is 1. The van der Waals surface area contributed by atoms with Crippen LogP contribution in [-0.2, 0) is 11.3 Å². The summed E-state index contributed by atoms with van der Waals surface area (Å²) < 4.78 is 0. The number of nitrogens with zero attached hydrogens (tertiary/aromatic N) is 4. The van der Waals surface area contributed by atoms with Crippen LogP contribution in [0.2, 0.25) is 0 Å². The molecule has 1 fully saturated rings. The van der Waals surface area contributed by atoms with Crippen molar-refractivity contribution in [3.63, 3.8) is 0 Å². The molecule has 1 amide bonds. The number of hydrogen-bond donors (Lipinski definition) is 1. The number of rotatable bonds is 10. The molecule has 0 aliphatic carbocycles. The van der Waals surface area contributed by atoms with Crippen LogP contribution < -0.4 is 4.90 Å². The van der Waals surface area contributed by atoms with E-state index in [-0.39, 0.29) is 29.5 Å². The van der Waals surface area contributed by atoms with Gasteiger partial charge in [-0.1, -0.05) is 66.9 Å². The minimum atomic E-state index is -1.02. The normalized spacial score (nSPS) is 14.0. The van der Waals surface area contributed by atoms with Gasteiger partial charge in [0.1, 0.15) is 5.69 Å². The number of carbonyl (C=O) groups is 2. The molecule has 3 aromatic carbocycles. The predicted octanol–water partition coefficient (Wildman–Crippen LogP) is 7.20. The highest BCUT2D eigenvalue weighted by atomic mass is 16.6. The van der Waals surface area contributed by atoms with Gasteiger partial charge in [0.25, 0.3) is 11.6 Å². The molecule has 2 heterocycles. The number of amides is 1. The van der Waals surface area contributed by atoms with Crippen LogP contribution in [0.15, 0.2) is 91.3 Å². The molecule has 0 bridgehead atoms. The maximum Gasteiger partial charge on any atom is 0.305 e. The fourth-order valence-corrected chi connectivity index (χ4v) is 5.81. The fourth-order valence-electron chi connectivity index (χ4n) is 5.81. The molecular weight excluding hydrogens is 556 g/mol. The summed E-state index contributed by atoms with van der Waals surface area (Å²) in [7, 11) is 0. The van der Waals surface area contributed by atoms with E-state index in [9.17, 15) is 24.8 Å². The van der Waals surface area contributed by atoms with Crippen LogP contribution in [0.5, 0.6) is 0 Å². The van der Waals surface area contributed by atoms with Crippen LogP contribution in [0.3, 0.4) is 0 Å². The molecule has 5 rings (SSSR count). The van der Waals surface area contributed by atoms with Crippen molar-refractivity contribution in [3.8, 4) is 11.1 Å². The van der Waals surface area contributed by atoms with Crippen molar-refractivity contribution in [1.29, 1.82) is 0 Å². The molecule has 44 heavy (non-hydrogen) atoms. The van der Waals surface area contributed by atoms with Crippen molar-refractivity contribution < 1.29 is 19.6 Å². The van der Waals surface area contributed by atoms with Crippen LogP contribution in [-0.4, -0.2) is 44.9 Å². The Morgan fingerprint density at radius 2 is 1.68 bits per heavy atom. The first kappa shape index (κ1) is 30.4. The number of aryl methyl sites for hydroxylation is 1. The quantitative estimate of drug-likeness (QED) is 0.153. The molecule has 1 N–H and O–H groups in total.